The van der Waals surface area contributed by atoms with E-state index in [2.05, 4.69) is 30.7 Å². The van der Waals surface area contributed by atoms with Gasteiger partial charge in [-0.05, 0) is 37.3 Å². The molecular weight excluding hydrogens is 496 g/mol. The van der Waals surface area contributed by atoms with Crippen molar-refractivity contribution in [2.45, 2.75) is 13.0 Å². The Morgan fingerprint density at radius 2 is 1.86 bits per heavy atom. The Morgan fingerprint density at radius 1 is 1.08 bits per heavy atom. The van der Waals surface area contributed by atoms with E-state index in [4.69, 9.17) is 21.0 Å². The molecule has 1 aliphatic rings. The molecule has 2 aromatic heterocycles. The van der Waals surface area contributed by atoms with Gasteiger partial charge in [-0.1, -0.05) is 41.9 Å². The third-order valence-corrected chi connectivity index (χ3v) is 5.97. The summed E-state index contributed by atoms with van der Waals surface area (Å²) < 4.78 is 10.4. The number of carbonyl (C=O) groups is 2. The highest BCUT2D eigenvalue weighted by Gasteiger charge is 2.31. The molecule has 4 aromatic rings. The largest absolute Gasteiger partial charge is 0.464 e. The van der Waals surface area contributed by atoms with Gasteiger partial charge in [0.1, 0.15) is 17.3 Å². The predicted octanol–water partition coefficient (Wildman–Crippen LogP) is 4.69. The summed E-state index contributed by atoms with van der Waals surface area (Å²) in [5.74, 6) is -0.637. The Balaban J connectivity index is 1.45. The number of methoxy groups -OCH3 is 1. The minimum absolute atomic E-state index is 0.128. The van der Waals surface area contributed by atoms with Gasteiger partial charge in [0.25, 0.3) is 5.91 Å². The number of guanidine groups is 1. The lowest BCUT2D eigenvalue weighted by Crippen LogP contribution is -2.37. The van der Waals surface area contributed by atoms with E-state index >= 15 is 0 Å². The van der Waals surface area contributed by atoms with Gasteiger partial charge < -0.3 is 19.8 Å². The molecule has 37 heavy (non-hydrogen) atoms. The van der Waals surface area contributed by atoms with Crippen molar-refractivity contribution >= 4 is 52.2 Å². The van der Waals surface area contributed by atoms with Gasteiger partial charge in [-0.25, -0.2) is 14.8 Å². The van der Waals surface area contributed by atoms with Crippen LogP contribution in [0.5, 0.6) is 0 Å². The number of benzene rings is 2. The van der Waals surface area contributed by atoms with Gasteiger partial charge in [-0.15, -0.1) is 0 Å². The first-order valence-corrected chi connectivity index (χ1v) is 11.6. The normalized spacial score (nSPS) is 15.1. The number of aliphatic imine (C=N–C) groups is 1. The number of rotatable bonds is 5. The first-order valence-electron chi connectivity index (χ1n) is 11.2. The van der Waals surface area contributed by atoms with Gasteiger partial charge in [-0.3, -0.25) is 10.1 Å². The molecular formula is C26H21ClN6O4. The zero-order valence-electron chi connectivity index (χ0n) is 19.8. The van der Waals surface area contributed by atoms with Crippen molar-refractivity contribution in [2.24, 2.45) is 4.99 Å². The predicted molar refractivity (Wildman–Crippen MR) is 139 cm³/mol. The molecule has 186 valence electrons. The zero-order valence-corrected chi connectivity index (χ0v) is 20.5. The highest BCUT2D eigenvalue weighted by molar-refractivity contribution is 6.31. The summed E-state index contributed by atoms with van der Waals surface area (Å²) in [6, 6.07) is 17.1. The number of esters is 1. The van der Waals surface area contributed by atoms with Crippen LogP contribution in [0.3, 0.4) is 0 Å². The summed E-state index contributed by atoms with van der Waals surface area (Å²) in [6.07, 6.45) is 1.38. The van der Waals surface area contributed by atoms with Crippen molar-refractivity contribution in [3.8, 4) is 0 Å². The molecule has 0 spiro atoms. The van der Waals surface area contributed by atoms with Crippen LogP contribution in [0.15, 0.2) is 87.5 Å². The van der Waals surface area contributed by atoms with E-state index in [0.717, 1.165) is 0 Å². The van der Waals surface area contributed by atoms with E-state index in [1.165, 1.54) is 19.4 Å². The lowest BCUT2D eigenvalue weighted by atomic mass is 9.95. The van der Waals surface area contributed by atoms with Crippen LogP contribution in [0.4, 0.5) is 11.7 Å². The number of anilines is 2. The first-order chi connectivity index (χ1) is 17.9. The number of hydrogen-bond donors (Lipinski definition) is 3. The standard InChI is InChI=1S/C26H21ClN6O4/c1-14-21(23(34)30-15-11-12-19(28-13-15)24(35)36-2)22(16-7-3-4-8-17(16)27)32-25(29-14)33-26-31-18-9-5-6-10-20(18)37-26/h3-13,22H,1-2H3,(H,30,34)(H2,29,31,32,33). The lowest BCUT2D eigenvalue weighted by molar-refractivity contribution is -0.113. The number of carbonyl (C=O) groups excluding carboxylic acids is 2. The minimum atomic E-state index is -0.732. The summed E-state index contributed by atoms with van der Waals surface area (Å²) in [7, 11) is 1.27. The number of amides is 1. The fourth-order valence-electron chi connectivity index (χ4n) is 3.87. The molecule has 1 aliphatic heterocycles. The van der Waals surface area contributed by atoms with E-state index in [9.17, 15) is 9.59 Å². The number of oxazole rings is 1. The molecule has 2 aromatic carbocycles. The van der Waals surface area contributed by atoms with Gasteiger partial charge in [0, 0.05) is 16.3 Å². The smallest absolute Gasteiger partial charge is 0.356 e. The Labute approximate surface area is 216 Å². The van der Waals surface area contributed by atoms with Gasteiger partial charge in [0.15, 0.2) is 5.58 Å². The van der Waals surface area contributed by atoms with Crippen LogP contribution in [-0.2, 0) is 9.53 Å². The van der Waals surface area contributed by atoms with Crippen LogP contribution in [0.1, 0.15) is 29.0 Å². The maximum atomic E-state index is 13.4. The Bertz CT molecular complexity index is 1530. The second kappa shape index (κ2) is 10.1. The molecule has 3 N–H and O–H groups in total. The van der Waals surface area contributed by atoms with E-state index in [0.29, 0.717) is 44.6 Å². The average Bonchev–Trinajstić information content (AvgIpc) is 3.30. The van der Waals surface area contributed by atoms with Crippen LogP contribution in [0, 0.1) is 0 Å². The third kappa shape index (κ3) is 5.00. The van der Waals surface area contributed by atoms with Gasteiger partial charge in [-0.2, -0.15) is 4.98 Å². The summed E-state index contributed by atoms with van der Waals surface area (Å²) >= 11 is 6.51. The number of hydrogen-bond acceptors (Lipinski definition) is 9. The summed E-state index contributed by atoms with van der Waals surface area (Å²) in [6.45, 7) is 1.76. The molecule has 0 saturated heterocycles. The molecule has 1 atom stereocenters. The van der Waals surface area contributed by atoms with Crippen molar-refractivity contribution in [1.29, 1.82) is 0 Å². The maximum absolute atomic E-state index is 13.4. The molecule has 5 rings (SSSR count). The molecule has 1 unspecified atom stereocenters. The van der Waals surface area contributed by atoms with Crippen molar-refractivity contribution in [2.75, 3.05) is 17.7 Å². The zero-order chi connectivity index (χ0) is 25.9. The van der Waals surface area contributed by atoms with Gasteiger partial charge in [0.05, 0.1) is 24.6 Å². The summed E-state index contributed by atoms with van der Waals surface area (Å²) in [5.41, 5.74) is 3.40. The third-order valence-electron chi connectivity index (χ3n) is 5.62. The van der Waals surface area contributed by atoms with Crippen molar-refractivity contribution < 1.29 is 18.7 Å². The highest BCUT2D eigenvalue weighted by Crippen LogP contribution is 2.35. The Morgan fingerprint density at radius 3 is 2.59 bits per heavy atom. The van der Waals surface area contributed by atoms with Crippen LogP contribution >= 0.6 is 11.6 Å². The second-order valence-electron chi connectivity index (χ2n) is 8.05. The average molecular weight is 517 g/mol. The molecule has 10 nitrogen and oxygen atoms in total. The minimum Gasteiger partial charge on any atom is -0.464 e. The molecule has 1 amide bonds. The topological polar surface area (TPSA) is 131 Å². The summed E-state index contributed by atoms with van der Waals surface area (Å²) in [4.78, 5) is 38.3. The number of nitrogens with one attached hydrogen (secondary N) is 3. The van der Waals surface area contributed by atoms with Crippen LogP contribution in [0.25, 0.3) is 11.1 Å². The van der Waals surface area contributed by atoms with E-state index < -0.39 is 17.9 Å². The summed E-state index contributed by atoms with van der Waals surface area (Å²) in [5, 5.41) is 9.44. The number of pyridine rings is 1. The van der Waals surface area contributed by atoms with E-state index in [-0.39, 0.29) is 11.7 Å². The number of fused-ring (bicyclic) bond motifs is 1. The number of nitrogens with zero attached hydrogens (tertiary/aromatic N) is 3. The van der Waals surface area contributed by atoms with Crippen molar-refractivity contribution in [1.82, 2.24) is 15.3 Å². The number of para-hydroxylation sites is 2. The molecule has 0 radical (unpaired) electrons. The SMILES string of the molecule is COC(=O)c1ccc(NC(=O)C2=C(C)NC(Nc3nc4ccccc4o3)=NC2c2ccccc2Cl)cn1. The quantitative estimate of drug-likeness (QED) is 0.326. The number of aromatic nitrogens is 2. The van der Waals surface area contributed by atoms with Gasteiger partial charge >= 0.3 is 12.0 Å². The second-order valence-corrected chi connectivity index (χ2v) is 8.46. The highest BCUT2D eigenvalue weighted by atomic mass is 35.5. The number of allylic oxidation sites excluding steroid dienone is 1. The lowest BCUT2D eigenvalue weighted by Gasteiger charge is -2.27. The molecule has 0 aliphatic carbocycles. The number of halogens is 1. The monoisotopic (exact) mass is 516 g/mol. The molecule has 0 saturated carbocycles. The fourth-order valence-corrected chi connectivity index (χ4v) is 4.11. The molecule has 0 fully saturated rings. The maximum Gasteiger partial charge on any atom is 0.356 e. The van der Waals surface area contributed by atoms with E-state index in [1.54, 1.807) is 25.1 Å². The fraction of sp³-hybridized carbons (Fsp3) is 0.115. The Kier molecular flexibility index (Phi) is 6.57. The van der Waals surface area contributed by atoms with Crippen molar-refractivity contribution in [3.05, 3.63) is 94.4 Å². The first kappa shape index (κ1) is 24.0. The van der Waals surface area contributed by atoms with Crippen LogP contribution < -0.4 is 16.0 Å². The molecule has 3 heterocycles. The Hall–Kier alpha value is -4.70. The van der Waals surface area contributed by atoms with E-state index in [1.807, 2.05) is 36.4 Å². The molecule has 11 heteroatoms. The number of ether oxygens (including phenoxy) is 1. The van der Waals surface area contributed by atoms with Crippen LogP contribution in [0.2, 0.25) is 5.02 Å². The van der Waals surface area contributed by atoms with Crippen LogP contribution in [-0.4, -0.2) is 34.9 Å². The van der Waals surface area contributed by atoms with Crippen molar-refractivity contribution in [3.63, 3.8) is 0 Å². The van der Waals surface area contributed by atoms with Gasteiger partial charge in [0.2, 0.25) is 5.96 Å². The molecule has 0 bridgehead atoms.